The number of hydrogen-bond acceptors (Lipinski definition) is 3. The van der Waals surface area contributed by atoms with Crippen molar-refractivity contribution in [3.05, 3.63) is 84.2 Å². The topological polar surface area (TPSA) is 62.2 Å². The van der Waals surface area contributed by atoms with Gasteiger partial charge in [-0.3, -0.25) is 9.78 Å². The molecule has 2 atom stereocenters. The van der Waals surface area contributed by atoms with Crippen LogP contribution in [0.4, 0.5) is 10.1 Å². The molecule has 0 bridgehead atoms. The largest absolute Gasteiger partial charge is 0.357 e. The maximum atomic E-state index is 13.8. The molecule has 30 heavy (non-hydrogen) atoms. The molecule has 1 saturated heterocycles. The third kappa shape index (κ3) is 4.18. The van der Waals surface area contributed by atoms with E-state index in [2.05, 4.69) is 15.6 Å². The smallest absolute Gasteiger partial charge is 0.226 e. The number of anilines is 1. The molecule has 3 aromatic rings. The van der Waals surface area contributed by atoms with Gasteiger partial charge in [0.25, 0.3) is 0 Å². The van der Waals surface area contributed by atoms with Gasteiger partial charge in [-0.05, 0) is 48.1 Å². The highest BCUT2D eigenvalue weighted by Gasteiger charge is 2.40. The van der Waals surface area contributed by atoms with Gasteiger partial charge in [-0.25, -0.2) is 4.39 Å². The lowest BCUT2D eigenvalue weighted by molar-refractivity contribution is -0.116. The lowest BCUT2D eigenvalue weighted by Gasteiger charge is -2.27. The third-order valence-corrected chi connectivity index (χ3v) is 5.47. The maximum absolute atomic E-state index is 13.8. The van der Waals surface area contributed by atoms with Crippen molar-refractivity contribution in [3.8, 4) is 0 Å². The number of aromatic nitrogens is 2. The summed E-state index contributed by atoms with van der Waals surface area (Å²) < 4.78 is 15.8. The van der Waals surface area contributed by atoms with Gasteiger partial charge in [0.1, 0.15) is 5.82 Å². The molecule has 0 radical (unpaired) electrons. The van der Waals surface area contributed by atoms with E-state index in [4.69, 9.17) is 12.2 Å². The molecule has 1 aromatic carbocycles. The van der Waals surface area contributed by atoms with Crippen molar-refractivity contribution in [1.82, 2.24) is 19.8 Å². The zero-order chi connectivity index (χ0) is 21.1. The van der Waals surface area contributed by atoms with Gasteiger partial charge in [0.2, 0.25) is 5.91 Å². The van der Waals surface area contributed by atoms with E-state index in [0.717, 1.165) is 11.3 Å². The molecule has 0 spiro atoms. The second-order valence-electron chi connectivity index (χ2n) is 7.21. The van der Waals surface area contributed by atoms with Crippen LogP contribution in [0.15, 0.2) is 67.1 Å². The van der Waals surface area contributed by atoms with Crippen molar-refractivity contribution in [2.24, 2.45) is 7.05 Å². The number of amides is 1. The van der Waals surface area contributed by atoms with Crippen molar-refractivity contribution in [1.29, 1.82) is 0 Å². The number of rotatable bonds is 6. The van der Waals surface area contributed by atoms with Crippen LogP contribution in [0.25, 0.3) is 0 Å². The van der Waals surface area contributed by atoms with E-state index in [1.807, 2.05) is 53.2 Å². The minimum atomic E-state index is -0.457. The summed E-state index contributed by atoms with van der Waals surface area (Å²) in [4.78, 5) is 18.9. The van der Waals surface area contributed by atoms with Crippen LogP contribution < -0.4 is 10.6 Å². The van der Waals surface area contributed by atoms with E-state index in [9.17, 15) is 9.18 Å². The molecule has 2 aromatic heterocycles. The predicted octanol–water partition coefficient (Wildman–Crippen LogP) is 3.56. The predicted molar refractivity (Wildman–Crippen MR) is 117 cm³/mol. The Balaban J connectivity index is 1.52. The molecule has 3 heterocycles. The first-order valence-corrected chi connectivity index (χ1v) is 10.1. The summed E-state index contributed by atoms with van der Waals surface area (Å²) in [6.45, 7) is 0.398. The Hall–Kier alpha value is -3.26. The summed E-state index contributed by atoms with van der Waals surface area (Å²) in [5.41, 5.74) is 2.14. The lowest BCUT2D eigenvalue weighted by atomic mass is 9.99. The molecule has 4 rings (SSSR count). The Bertz CT molecular complexity index is 1050. The Morgan fingerprint density at radius 2 is 2.03 bits per heavy atom. The summed E-state index contributed by atoms with van der Waals surface area (Å²) in [5, 5.41) is 6.55. The van der Waals surface area contributed by atoms with Crippen LogP contribution in [0, 0.1) is 5.82 Å². The van der Waals surface area contributed by atoms with E-state index in [-0.39, 0.29) is 30.1 Å². The van der Waals surface area contributed by atoms with E-state index < -0.39 is 5.82 Å². The Morgan fingerprint density at radius 3 is 2.73 bits per heavy atom. The number of thiocarbonyl (C=S) groups is 1. The zero-order valence-corrected chi connectivity index (χ0v) is 17.3. The number of hydrogen-bond donors (Lipinski definition) is 2. The molecule has 0 unspecified atom stereocenters. The van der Waals surface area contributed by atoms with Crippen molar-refractivity contribution in [2.45, 2.75) is 18.5 Å². The SMILES string of the molecule is Cn1ccc([C@@H]2[C@H](c3ccccn3)NC(=S)N2CCC(=O)Nc2ccccc2F)c1. The quantitative estimate of drug-likeness (QED) is 0.594. The molecule has 1 aliphatic heterocycles. The molecule has 2 N–H and O–H groups in total. The highest BCUT2D eigenvalue weighted by Crippen LogP contribution is 2.38. The number of nitrogens with one attached hydrogen (secondary N) is 2. The van der Waals surface area contributed by atoms with Gasteiger partial charge in [0, 0.05) is 38.6 Å². The molecule has 0 saturated carbocycles. The van der Waals surface area contributed by atoms with Gasteiger partial charge in [0.15, 0.2) is 5.11 Å². The summed E-state index contributed by atoms with van der Waals surface area (Å²) in [6.07, 6.45) is 5.96. The van der Waals surface area contributed by atoms with Gasteiger partial charge < -0.3 is 20.1 Å². The van der Waals surface area contributed by atoms with Crippen LogP contribution in [0.5, 0.6) is 0 Å². The second kappa shape index (κ2) is 8.62. The molecule has 1 amide bonds. The Labute approximate surface area is 179 Å². The minimum Gasteiger partial charge on any atom is -0.357 e. The molecule has 6 nitrogen and oxygen atoms in total. The fourth-order valence-electron chi connectivity index (χ4n) is 3.71. The Morgan fingerprint density at radius 1 is 1.23 bits per heavy atom. The Kier molecular flexibility index (Phi) is 5.76. The summed E-state index contributed by atoms with van der Waals surface area (Å²) in [7, 11) is 1.96. The average molecular weight is 424 g/mol. The first-order valence-electron chi connectivity index (χ1n) is 9.67. The van der Waals surface area contributed by atoms with Crippen LogP contribution in [0.2, 0.25) is 0 Å². The number of halogens is 1. The average Bonchev–Trinajstić information content (AvgIpc) is 3.31. The molecule has 8 heteroatoms. The number of pyridine rings is 1. The molecule has 154 valence electrons. The summed E-state index contributed by atoms with van der Waals surface area (Å²) >= 11 is 5.59. The monoisotopic (exact) mass is 423 g/mol. The number of carbonyl (C=O) groups is 1. The normalized spacial score (nSPS) is 18.3. The van der Waals surface area contributed by atoms with Crippen LogP contribution in [0.1, 0.15) is 29.8 Å². The van der Waals surface area contributed by atoms with Crippen LogP contribution in [-0.4, -0.2) is 32.0 Å². The first-order chi connectivity index (χ1) is 14.5. The van der Waals surface area contributed by atoms with Gasteiger partial charge in [-0.2, -0.15) is 0 Å². The van der Waals surface area contributed by atoms with Crippen LogP contribution in [-0.2, 0) is 11.8 Å². The fourth-order valence-corrected chi connectivity index (χ4v) is 4.04. The van der Waals surface area contributed by atoms with Gasteiger partial charge in [-0.15, -0.1) is 0 Å². The summed E-state index contributed by atoms with van der Waals surface area (Å²) in [6, 6.07) is 13.7. The standard InChI is InChI=1S/C22H22FN5OS/c1-27-12-9-15(14-27)21-20(18-8-4-5-11-24-18)26-22(30)28(21)13-10-19(29)25-17-7-3-2-6-16(17)23/h2-9,11-12,14,20-21H,10,13H2,1H3,(H,25,29)(H,26,30)/t20-,21+/m0/s1. The van der Waals surface area contributed by atoms with Gasteiger partial charge >= 0.3 is 0 Å². The molecular weight excluding hydrogens is 401 g/mol. The molecule has 1 aliphatic rings. The van der Waals surface area contributed by atoms with Crippen molar-refractivity contribution in [2.75, 3.05) is 11.9 Å². The lowest BCUT2D eigenvalue weighted by Crippen LogP contribution is -2.32. The van der Waals surface area contributed by atoms with E-state index in [1.54, 1.807) is 24.4 Å². The van der Waals surface area contributed by atoms with E-state index in [1.165, 1.54) is 6.07 Å². The minimum absolute atomic E-state index is 0.102. The molecule has 0 aliphatic carbocycles. The van der Waals surface area contributed by atoms with E-state index >= 15 is 0 Å². The number of aryl methyl sites for hydroxylation is 1. The van der Waals surface area contributed by atoms with Gasteiger partial charge in [-0.1, -0.05) is 18.2 Å². The summed E-state index contributed by atoms with van der Waals surface area (Å²) in [5.74, 6) is -0.724. The highest BCUT2D eigenvalue weighted by molar-refractivity contribution is 7.80. The van der Waals surface area contributed by atoms with Gasteiger partial charge in [0.05, 0.1) is 23.5 Å². The van der Waals surface area contributed by atoms with Crippen LogP contribution in [0.3, 0.4) is 0 Å². The number of benzene rings is 1. The zero-order valence-electron chi connectivity index (χ0n) is 16.5. The maximum Gasteiger partial charge on any atom is 0.226 e. The third-order valence-electron chi connectivity index (χ3n) is 5.12. The number of nitrogens with zero attached hydrogens (tertiary/aromatic N) is 3. The number of carbonyl (C=O) groups excluding carboxylic acids is 1. The second-order valence-corrected chi connectivity index (χ2v) is 7.60. The highest BCUT2D eigenvalue weighted by atomic mass is 32.1. The molecular formula is C22H22FN5OS. The van der Waals surface area contributed by atoms with Crippen molar-refractivity contribution >= 4 is 28.9 Å². The van der Waals surface area contributed by atoms with Crippen molar-refractivity contribution in [3.63, 3.8) is 0 Å². The van der Waals surface area contributed by atoms with Crippen LogP contribution >= 0.6 is 12.2 Å². The first kappa shape index (κ1) is 20.0. The van der Waals surface area contributed by atoms with E-state index in [0.29, 0.717) is 11.7 Å². The van der Waals surface area contributed by atoms with Crippen molar-refractivity contribution < 1.29 is 9.18 Å². The number of para-hydroxylation sites is 1. The molecule has 1 fully saturated rings. The fraction of sp³-hybridized carbons (Fsp3) is 0.227.